The average molecular weight is 494 g/mol. The molecular weight excluding hydrogens is 473 g/mol. The monoisotopic (exact) mass is 494 g/mol. The first kappa shape index (κ1) is 23.7. The van der Waals surface area contributed by atoms with Gasteiger partial charge >= 0.3 is 6.18 Å². The fraction of sp³-hybridized carbons (Fsp3) is 0.318. The highest BCUT2D eigenvalue weighted by Gasteiger charge is 2.62. The van der Waals surface area contributed by atoms with E-state index < -0.39 is 27.5 Å². The van der Waals surface area contributed by atoms with E-state index in [9.17, 15) is 26.4 Å². The van der Waals surface area contributed by atoms with Crippen LogP contribution >= 0.6 is 0 Å². The maximum Gasteiger partial charge on any atom is 0.394 e. The minimum atomic E-state index is -4.23. The number of carbonyl (C=O) groups excluding carboxylic acids is 1. The summed E-state index contributed by atoms with van der Waals surface area (Å²) in [6.07, 6.45) is -2.61. The van der Waals surface area contributed by atoms with Gasteiger partial charge in [0.1, 0.15) is 0 Å². The summed E-state index contributed by atoms with van der Waals surface area (Å²) in [5, 5.41) is 4.15. The first-order valence-corrected chi connectivity index (χ1v) is 11.8. The molecular formula is C22H21F3N4O4S. The van der Waals surface area contributed by atoms with Crippen molar-refractivity contribution in [3.05, 3.63) is 66.0 Å². The second kappa shape index (κ2) is 8.75. The number of pyridine rings is 1. The summed E-state index contributed by atoms with van der Waals surface area (Å²) in [6.45, 7) is 1.43. The van der Waals surface area contributed by atoms with Gasteiger partial charge in [0.25, 0.3) is 15.9 Å². The van der Waals surface area contributed by atoms with Crippen molar-refractivity contribution in [2.75, 3.05) is 6.61 Å². The number of amides is 1. The van der Waals surface area contributed by atoms with Gasteiger partial charge in [-0.05, 0) is 50.5 Å². The standard InChI is InChI=1S/C22H21F3N4O4S/c1-15-17(20(30)28-34(31,32)16-5-3-2-4-6-16)7-8-18(26-15)29-13-9-19(27-29)33-14-12-21(10-11-21)22(23,24)25/h2-9,13H,10-12,14H2,1H3,(H,28,30). The molecule has 180 valence electrons. The van der Waals surface area contributed by atoms with E-state index in [0.29, 0.717) is 5.82 Å². The van der Waals surface area contributed by atoms with Gasteiger partial charge in [0.15, 0.2) is 5.82 Å². The fourth-order valence-electron chi connectivity index (χ4n) is 3.44. The molecule has 1 aromatic carbocycles. The third-order valence-corrected chi connectivity index (χ3v) is 7.03. The Morgan fingerprint density at radius 2 is 1.85 bits per heavy atom. The van der Waals surface area contributed by atoms with Crippen LogP contribution in [0.25, 0.3) is 5.82 Å². The number of halogens is 3. The van der Waals surface area contributed by atoms with E-state index >= 15 is 0 Å². The van der Waals surface area contributed by atoms with E-state index in [1.165, 1.54) is 41.2 Å². The lowest BCUT2D eigenvalue weighted by molar-refractivity contribution is -0.190. The summed E-state index contributed by atoms with van der Waals surface area (Å²) in [5.74, 6) is -0.361. The third kappa shape index (κ3) is 4.91. The largest absolute Gasteiger partial charge is 0.477 e. The molecule has 1 N–H and O–H groups in total. The molecule has 3 aromatic rings. The Labute approximate surface area is 193 Å². The number of nitrogens with zero attached hydrogens (tertiary/aromatic N) is 3. The average Bonchev–Trinajstić information content (AvgIpc) is 3.44. The molecule has 8 nitrogen and oxygen atoms in total. The zero-order chi connectivity index (χ0) is 24.6. The highest BCUT2D eigenvalue weighted by atomic mass is 32.2. The summed E-state index contributed by atoms with van der Waals surface area (Å²) >= 11 is 0. The molecule has 1 aliphatic rings. The molecule has 1 fully saturated rings. The number of aryl methyl sites for hydroxylation is 1. The molecule has 2 heterocycles. The number of carbonyl (C=O) groups is 1. The van der Waals surface area contributed by atoms with Crippen LogP contribution in [0.5, 0.6) is 5.88 Å². The number of sulfonamides is 1. The second-order valence-electron chi connectivity index (χ2n) is 8.03. The van der Waals surface area contributed by atoms with Crippen LogP contribution in [-0.2, 0) is 10.0 Å². The lowest BCUT2D eigenvalue weighted by Gasteiger charge is -2.18. The summed E-state index contributed by atoms with van der Waals surface area (Å²) in [5.41, 5.74) is -1.32. The molecule has 0 saturated heterocycles. The van der Waals surface area contributed by atoms with E-state index in [4.69, 9.17) is 4.74 Å². The smallest absolute Gasteiger partial charge is 0.394 e. The molecule has 34 heavy (non-hydrogen) atoms. The Balaban J connectivity index is 1.40. The highest BCUT2D eigenvalue weighted by molar-refractivity contribution is 7.90. The van der Waals surface area contributed by atoms with Crippen LogP contribution < -0.4 is 9.46 Å². The number of ether oxygens (including phenoxy) is 1. The third-order valence-electron chi connectivity index (χ3n) is 5.68. The van der Waals surface area contributed by atoms with Gasteiger partial charge in [-0.1, -0.05) is 18.2 Å². The van der Waals surface area contributed by atoms with Crippen molar-refractivity contribution >= 4 is 15.9 Å². The summed E-state index contributed by atoms with van der Waals surface area (Å²) in [6, 6.07) is 11.9. The Morgan fingerprint density at radius 1 is 1.15 bits per heavy atom. The van der Waals surface area contributed by atoms with Gasteiger partial charge in [0, 0.05) is 12.3 Å². The predicted molar refractivity (Wildman–Crippen MR) is 115 cm³/mol. The van der Waals surface area contributed by atoms with Crippen molar-refractivity contribution in [1.29, 1.82) is 0 Å². The number of rotatable bonds is 8. The highest BCUT2D eigenvalue weighted by Crippen LogP contribution is 2.59. The molecule has 2 aromatic heterocycles. The van der Waals surface area contributed by atoms with Crippen LogP contribution in [0.3, 0.4) is 0 Å². The quantitative estimate of drug-likeness (QED) is 0.511. The van der Waals surface area contributed by atoms with Crippen LogP contribution in [0.2, 0.25) is 0 Å². The van der Waals surface area contributed by atoms with Gasteiger partial charge in [0.05, 0.1) is 28.2 Å². The summed E-state index contributed by atoms with van der Waals surface area (Å²) in [4.78, 5) is 16.8. The van der Waals surface area contributed by atoms with E-state index in [1.54, 1.807) is 25.1 Å². The van der Waals surface area contributed by atoms with Gasteiger partial charge in [0.2, 0.25) is 5.88 Å². The predicted octanol–water partition coefficient (Wildman–Crippen LogP) is 3.81. The van der Waals surface area contributed by atoms with E-state index in [1.807, 2.05) is 4.72 Å². The molecule has 0 spiro atoms. The van der Waals surface area contributed by atoms with Crippen LogP contribution in [0.1, 0.15) is 35.3 Å². The lowest BCUT2D eigenvalue weighted by Crippen LogP contribution is -2.31. The number of hydrogen-bond donors (Lipinski definition) is 1. The first-order chi connectivity index (χ1) is 16.0. The number of hydrogen-bond acceptors (Lipinski definition) is 6. The van der Waals surface area contributed by atoms with Crippen molar-refractivity contribution in [3.63, 3.8) is 0 Å². The minimum Gasteiger partial charge on any atom is -0.477 e. The Morgan fingerprint density at radius 3 is 2.47 bits per heavy atom. The van der Waals surface area contributed by atoms with Gasteiger partial charge in [-0.25, -0.2) is 22.8 Å². The van der Waals surface area contributed by atoms with Gasteiger partial charge in [-0.15, -0.1) is 5.10 Å². The van der Waals surface area contributed by atoms with E-state index in [2.05, 4.69) is 10.1 Å². The van der Waals surface area contributed by atoms with Crippen molar-refractivity contribution in [2.24, 2.45) is 5.41 Å². The maximum absolute atomic E-state index is 13.0. The first-order valence-electron chi connectivity index (χ1n) is 10.4. The Kier molecular flexibility index (Phi) is 6.11. The topological polar surface area (TPSA) is 103 Å². The second-order valence-corrected chi connectivity index (χ2v) is 9.71. The molecule has 1 aliphatic carbocycles. The number of nitrogens with one attached hydrogen (secondary N) is 1. The Hall–Kier alpha value is -3.41. The number of aromatic nitrogens is 3. The fourth-order valence-corrected chi connectivity index (χ4v) is 4.43. The van der Waals surface area contributed by atoms with Crippen LogP contribution in [0.4, 0.5) is 13.2 Å². The van der Waals surface area contributed by atoms with E-state index in [-0.39, 0.29) is 47.9 Å². The molecule has 1 saturated carbocycles. The maximum atomic E-state index is 13.0. The molecule has 1 amide bonds. The number of alkyl halides is 3. The molecule has 0 atom stereocenters. The molecule has 0 aliphatic heterocycles. The van der Waals surface area contributed by atoms with Gasteiger partial charge < -0.3 is 4.74 Å². The zero-order valence-electron chi connectivity index (χ0n) is 18.0. The molecule has 0 bridgehead atoms. The van der Waals surface area contributed by atoms with Crippen molar-refractivity contribution in [2.45, 2.75) is 37.3 Å². The van der Waals surface area contributed by atoms with E-state index in [0.717, 1.165) is 0 Å². The Bertz CT molecular complexity index is 1300. The summed E-state index contributed by atoms with van der Waals surface area (Å²) in [7, 11) is -4.04. The van der Waals surface area contributed by atoms with Gasteiger partial charge in [-0.2, -0.15) is 13.2 Å². The van der Waals surface area contributed by atoms with Crippen LogP contribution in [0, 0.1) is 12.3 Å². The molecule has 0 radical (unpaired) electrons. The minimum absolute atomic E-state index is 0.0440. The van der Waals surface area contributed by atoms with Crippen molar-refractivity contribution in [3.8, 4) is 11.7 Å². The van der Waals surface area contributed by atoms with Crippen LogP contribution in [-0.4, -0.2) is 41.9 Å². The normalized spacial score (nSPS) is 15.1. The number of benzene rings is 1. The molecule has 4 rings (SSSR count). The van der Waals surface area contributed by atoms with Crippen molar-refractivity contribution < 1.29 is 31.1 Å². The van der Waals surface area contributed by atoms with Crippen molar-refractivity contribution in [1.82, 2.24) is 19.5 Å². The lowest BCUT2D eigenvalue weighted by atomic mass is 10.0. The molecule has 12 heteroatoms. The zero-order valence-corrected chi connectivity index (χ0v) is 18.9. The molecule has 0 unspecified atom stereocenters. The SMILES string of the molecule is Cc1nc(-n2ccc(OCCC3(C(F)(F)F)CC3)n2)ccc1C(=O)NS(=O)(=O)c1ccccc1. The van der Waals surface area contributed by atoms with Crippen LogP contribution in [0.15, 0.2) is 59.6 Å². The van der Waals surface area contributed by atoms with Gasteiger partial charge in [-0.3, -0.25) is 4.79 Å². The summed E-state index contributed by atoms with van der Waals surface area (Å²) < 4.78 is 72.5.